The first-order chi connectivity index (χ1) is 12.2. The van der Waals surface area contributed by atoms with Gasteiger partial charge in [-0.2, -0.15) is 0 Å². The number of hydrogen-bond donors (Lipinski definition) is 2. The first-order valence-corrected chi connectivity index (χ1v) is 8.50. The summed E-state index contributed by atoms with van der Waals surface area (Å²) in [6.45, 7) is 1.56. The maximum atomic E-state index is 9.50. The Bertz CT molecular complexity index is 875. The van der Waals surface area contributed by atoms with E-state index in [2.05, 4.69) is 16.0 Å². The van der Waals surface area contributed by atoms with Crippen LogP contribution in [-0.4, -0.2) is 45.3 Å². The van der Waals surface area contributed by atoms with Gasteiger partial charge >= 0.3 is 0 Å². The van der Waals surface area contributed by atoms with Gasteiger partial charge in [0.05, 0.1) is 12.1 Å². The van der Waals surface area contributed by atoms with Gasteiger partial charge in [-0.05, 0) is 37.1 Å². The van der Waals surface area contributed by atoms with E-state index in [4.69, 9.17) is 15.7 Å². The van der Waals surface area contributed by atoms with E-state index in [1.54, 1.807) is 12.4 Å². The number of hydrogen-bond acceptors (Lipinski definition) is 6. The van der Waals surface area contributed by atoms with Crippen LogP contribution in [-0.2, 0) is 0 Å². The van der Waals surface area contributed by atoms with E-state index < -0.39 is 5.54 Å². The summed E-state index contributed by atoms with van der Waals surface area (Å²) < 4.78 is 0. The molecule has 4 rings (SSSR count). The maximum Gasteiger partial charge on any atom is 0.162 e. The van der Waals surface area contributed by atoms with Crippen molar-refractivity contribution in [1.29, 1.82) is 0 Å². The van der Waals surface area contributed by atoms with E-state index in [0.717, 1.165) is 48.2 Å². The molecule has 0 spiro atoms. The summed E-state index contributed by atoms with van der Waals surface area (Å²) in [5, 5.41) is 10.5. The number of aromatic nitrogens is 3. The third-order valence-electron chi connectivity index (χ3n) is 4.90. The fraction of sp³-hybridized carbons (Fsp3) is 0.316. The molecule has 3 N–H and O–H groups in total. The predicted octanol–water partition coefficient (Wildman–Crippen LogP) is 1.98. The molecule has 2 aromatic heterocycles. The number of para-hydroxylation sites is 1. The highest BCUT2D eigenvalue weighted by molar-refractivity contribution is 5.91. The van der Waals surface area contributed by atoms with Crippen molar-refractivity contribution in [2.45, 2.75) is 18.4 Å². The molecule has 3 heterocycles. The zero-order valence-electron chi connectivity index (χ0n) is 14.0. The summed E-state index contributed by atoms with van der Waals surface area (Å²) >= 11 is 0. The van der Waals surface area contributed by atoms with Crippen LogP contribution in [0.4, 0.5) is 5.82 Å². The van der Waals surface area contributed by atoms with E-state index in [-0.39, 0.29) is 6.61 Å². The van der Waals surface area contributed by atoms with Gasteiger partial charge in [0.25, 0.3) is 0 Å². The molecule has 0 bridgehead atoms. The Morgan fingerprint density at radius 1 is 1.04 bits per heavy atom. The Morgan fingerprint density at radius 3 is 2.48 bits per heavy atom. The quantitative estimate of drug-likeness (QED) is 0.761. The maximum absolute atomic E-state index is 9.50. The minimum absolute atomic E-state index is 0.0215. The molecule has 0 radical (unpaired) electrons. The minimum atomic E-state index is -0.479. The summed E-state index contributed by atoms with van der Waals surface area (Å²) in [6.07, 6.45) is 4.98. The fourth-order valence-electron chi connectivity index (χ4n) is 3.25. The van der Waals surface area contributed by atoms with Crippen LogP contribution in [0.25, 0.3) is 22.3 Å². The van der Waals surface area contributed by atoms with Gasteiger partial charge in [-0.15, -0.1) is 0 Å². The molecule has 6 nitrogen and oxygen atoms in total. The molecular weight excluding hydrogens is 314 g/mol. The number of rotatable bonds is 3. The highest BCUT2D eigenvalue weighted by Crippen LogP contribution is 2.30. The molecule has 25 heavy (non-hydrogen) atoms. The number of pyridine rings is 1. The second-order valence-electron chi connectivity index (χ2n) is 6.63. The van der Waals surface area contributed by atoms with Crippen molar-refractivity contribution < 1.29 is 5.11 Å². The normalized spacial score (nSPS) is 17.0. The van der Waals surface area contributed by atoms with Crippen molar-refractivity contribution in [2.24, 2.45) is 5.73 Å². The topological polar surface area (TPSA) is 88.2 Å². The molecule has 1 fully saturated rings. The molecule has 3 aromatic rings. The largest absolute Gasteiger partial charge is 0.394 e. The lowest BCUT2D eigenvalue weighted by Gasteiger charge is -2.38. The molecule has 6 heteroatoms. The lowest BCUT2D eigenvalue weighted by atomic mass is 9.89. The third-order valence-corrected chi connectivity index (χ3v) is 4.90. The van der Waals surface area contributed by atoms with Gasteiger partial charge in [-0.25, -0.2) is 9.97 Å². The number of anilines is 1. The molecule has 1 saturated heterocycles. The first-order valence-electron chi connectivity index (χ1n) is 8.50. The van der Waals surface area contributed by atoms with Crippen LogP contribution in [0.15, 0.2) is 48.8 Å². The molecule has 128 valence electrons. The van der Waals surface area contributed by atoms with Crippen LogP contribution in [0.2, 0.25) is 0 Å². The van der Waals surface area contributed by atoms with Crippen molar-refractivity contribution in [3.05, 3.63) is 48.8 Å². The molecule has 1 aliphatic rings. The van der Waals surface area contributed by atoms with Gasteiger partial charge < -0.3 is 15.7 Å². The lowest BCUT2D eigenvalue weighted by Crippen LogP contribution is -2.53. The van der Waals surface area contributed by atoms with Crippen LogP contribution in [0, 0.1) is 0 Å². The Morgan fingerprint density at radius 2 is 1.76 bits per heavy atom. The van der Waals surface area contributed by atoms with E-state index in [1.807, 2.05) is 30.3 Å². The van der Waals surface area contributed by atoms with Gasteiger partial charge in [0.15, 0.2) is 5.82 Å². The fourth-order valence-corrected chi connectivity index (χ4v) is 3.25. The predicted molar refractivity (Wildman–Crippen MR) is 98.2 cm³/mol. The number of nitrogens with zero attached hydrogens (tertiary/aromatic N) is 4. The summed E-state index contributed by atoms with van der Waals surface area (Å²) in [4.78, 5) is 15.9. The SMILES string of the molecule is NC1(CO)CCN(c2nc(-c3ccncc3)nc3ccccc23)CC1. The van der Waals surface area contributed by atoms with E-state index in [9.17, 15) is 5.11 Å². The average Bonchev–Trinajstić information content (AvgIpc) is 2.68. The summed E-state index contributed by atoms with van der Waals surface area (Å²) in [5.41, 5.74) is 7.61. The van der Waals surface area contributed by atoms with Crippen LogP contribution in [0.1, 0.15) is 12.8 Å². The molecular formula is C19H21N5O. The van der Waals surface area contributed by atoms with Gasteiger partial charge in [-0.1, -0.05) is 12.1 Å². The molecule has 0 aliphatic carbocycles. The summed E-state index contributed by atoms with van der Waals surface area (Å²) in [6, 6.07) is 11.9. The molecule has 0 atom stereocenters. The zero-order valence-corrected chi connectivity index (χ0v) is 14.0. The van der Waals surface area contributed by atoms with Gasteiger partial charge in [-0.3, -0.25) is 4.98 Å². The lowest BCUT2D eigenvalue weighted by molar-refractivity contribution is 0.170. The van der Waals surface area contributed by atoms with E-state index in [0.29, 0.717) is 5.82 Å². The van der Waals surface area contributed by atoms with Gasteiger partial charge in [0.2, 0.25) is 0 Å². The minimum Gasteiger partial charge on any atom is -0.394 e. The van der Waals surface area contributed by atoms with Crippen molar-refractivity contribution >= 4 is 16.7 Å². The number of piperidine rings is 1. The van der Waals surface area contributed by atoms with Gasteiger partial charge in [0, 0.05) is 42.0 Å². The monoisotopic (exact) mass is 335 g/mol. The third kappa shape index (κ3) is 3.06. The first kappa shape index (κ1) is 15.9. The molecule has 0 saturated carbocycles. The van der Waals surface area contributed by atoms with Gasteiger partial charge in [0.1, 0.15) is 5.82 Å². The molecule has 0 amide bonds. The number of fused-ring (bicyclic) bond motifs is 1. The number of aliphatic hydroxyl groups excluding tert-OH is 1. The molecule has 1 aliphatic heterocycles. The number of benzene rings is 1. The number of aliphatic hydroxyl groups is 1. The van der Waals surface area contributed by atoms with Crippen molar-refractivity contribution in [2.75, 3.05) is 24.6 Å². The van der Waals surface area contributed by atoms with Crippen LogP contribution in [0.3, 0.4) is 0 Å². The van der Waals surface area contributed by atoms with Crippen molar-refractivity contribution in [3.8, 4) is 11.4 Å². The standard InChI is InChI=1S/C19H21N5O/c20-19(13-25)7-11-24(12-8-19)18-15-3-1-2-4-16(15)22-17(23-18)14-5-9-21-10-6-14/h1-6,9-10,25H,7-8,11-13,20H2. The molecule has 0 unspecified atom stereocenters. The van der Waals surface area contributed by atoms with Crippen LogP contribution >= 0.6 is 0 Å². The second-order valence-corrected chi connectivity index (χ2v) is 6.63. The second kappa shape index (κ2) is 6.38. The summed E-state index contributed by atoms with van der Waals surface area (Å²) in [5.74, 6) is 1.63. The zero-order chi connectivity index (χ0) is 17.3. The van der Waals surface area contributed by atoms with Crippen molar-refractivity contribution in [3.63, 3.8) is 0 Å². The highest BCUT2D eigenvalue weighted by Gasteiger charge is 2.31. The van der Waals surface area contributed by atoms with Crippen LogP contribution in [0.5, 0.6) is 0 Å². The van der Waals surface area contributed by atoms with E-state index >= 15 is 0 Å². The number of nitrogens with two attached hydrogens (primary N) is 1. The Hall–Kier alpha value is -2.57. The van der Waals surface area contributed by atoms with E-state index in [1.165, 1.54) is 0 Å². The molecule has 1 aromatic carbocycles. The van der Waals surface area contributed by atoms with Crippen LogP contribution < -0.4 is 10.6 Å². The van der Waals surface area contributed by atoms with Crippen molar-refractivity contribution in [1.82, 2.24) is 15.0 Å². The Balaban J connectivity index is 1.77. The Labute approximate surface area is 146 Å². The summed E-state index contributed by atoms with van der Waals surface area (Å²) in [7, 11) is 0. The Kier molecular flexibility index (Phi) is 4.07. The average molecular weight is 335 g/mol. The highest BCUT2D eigenvalue weighted by atomic mass is 16.3. The smallest absolute Gasteiger partial charge is 0.162 e.